The molecule has 2 saturated heterocycles. The van der Waals surface area contributed by atoms with E-state index in [1.807, 2.05) is 0 Å². The molecule has 22 heavy (non-hydrogen) atoms. The Morgan fingerprint density at radius 2 is 1.82 bits per heavy atom. The summed E-state index contributed by atoms with van der Waals surface area (Å²) in [6.45, 7) is 8.13. The van der Waals surface area contributed by atoms with Crippen molar-refractivity contribution in [2.24, 2.45) is 0 Å². The number of rotatable bonds is 4. The van der Waals surface area contributed by atoms with Gasteiger partial charge in [-0.1, -0.05) is 6.92 Å². The quantitative estimate of drug-likeness (QED) is 0.923. The normalized spacial score (nSPS) is 21.3. The Kier molecular flexibility index (Phi) is 5.26. The third kappa shape index (κ3) is 3.96. The summed E-state index contributed by atoms with van der Waals surface area (Å²) in [5.74, 6) is 0.918. The molecular weight excluding hydrogens is 276 g/mol. The van der Waals surface area contributed by atoms with E-state index in [4.69, 9.17) is 9.72 Å². The Morgan fingerprint density at radius 3 is 2.50 bits per heavy atom. The van der Waals surface area contributed by atoms with E-state index in [1.54, 1.807) is 0 Å². The van der Waals surface area contributed by atoms with Crippen LogP contribution in [0.5, 0.6) is 0 Å². The van der Waals surface area contributed by atoms with Crippen molar-refractivity contribution in [2.45, 2.75) is 58.0 Å². The van der Waals surface area contributed by atoms with Gasteiger partial charge >= 0.3 is 0 Å². The van der Waals surface area contributed by atoms with Gasteiger partial charge in [0, 0.05) is 49.8 Å². The molecule has 0 saturated carbocycles. The van der Waals surface area contributed by atoms with Crippen LogP contribution in [-0.2, 0) is 11.2 Å². The van der Waals surface area contributed by atoms with Crippen molar-refractivity contribution in [3.63, 3.8) is 0 Å². The topological polar surface area (TPSA) is 50.3 Å². The zero-order valence-corrected chi connectivity index (χ0v) is 13.8. The van der Waals surface area contributed by atoms with Crippen LogP contribution in [0.3, 0.4) is 0 Å². The van der Waals surface area contributed by atoms with E-state index in [-0.39, 0.29) is 0 Å². The molecule has 1 N–H and O–H groups in total. The summed E-state index contributed by atoms with van der Waals surface area (Å²) in [4.78, 5) is 11.7. The van der Waals surface area contributed by atoms with Crippen LogP contribution >= 0.6 is 0 Å². The second kappa shape index (κ2) is 7.38. The molecule has 3 heterocycles. The van der Waals surface area contributed by atoms with Crippen LogP contribution in [0.4, 0.5) is 5.95 Å². The highest BCUT2D eigenvalue weighted by atomic mass is 16.5. The first-order valence-corrected chi connectivity index (χ1v) is 8.68. The van der Waals surface area contributed by atoms with Gasteiger partial charge in [0.2, 0.25) is 5.95 Å². The minimum absolute atomic E-state index is 0.634. The van der Waals surface area contributed by atoms with Crippen molar-refractivity contribution in [1.29, 1.82) is 0 Å². The molecule has 2 aliphatic heterocycles. The minimum Gasteiger partial charge on any atom is -0.381 e. The molecular formula is C17H28N4O. The predicted octanol–water partition coefficient (Wildman–Crippen LogP) is 2.08. The number of nitrogens with one attached hydrogen (secondary N) is 1. The van der Waals surface area contributed by atoms with Gasteiger partial charge in [-0.15, -0.1) is 0 Å². The van der Waals surface area contributed by atoms with Gasteiger partial charge in [-0.2, -0.15) is 0 Å². The van der Waals surface area contributed by atoms with Gasteiger partial charge in [-0.05, 0) is 45.1 Å². The average Bonchev–Trinajstić information content (AvgIpc) is 2.56. The highest BCUT2D eigenvalue weighted by molar-refractivity contribution is 5.33. The maximum atomic E-state index is 5.43. The summed E-state index contributed by atoms with van der Waals surface area (Å²) >= 11 is 0. The van der Waals surface area contributed by atoms with Crippen LogP contribution in [0, 0.1) is 6.92 Å². The van der Waals surface area contributed by atoms with Crippen molar-refractivity contribution >= 4 is 5.95 Å². The number of nitrogens with zero attached hydrogens (tertiary/aromatic N) is 3. The molecule has 0 bridgehead atoms. The Labute approximate surface area is 133 Å². The third-order valence-electron chi connectivity index (χ3n) is 4.73. The minimum atomic E-state index is 0.634. The van der Waals surface area contributed by atoms with E-state index in [2.05, 4.69) is 35.1 Å². The van der Waals surface area contributed by atoms with Crippen LogP contribution in [0.25, 0.3) is 0 Å². The van der Waals surface area contributed by atoms with E-state index in [1.165, 1.54) is 12.8 Å². The number of anilines is 1. The first-order valence-electron chi connectivity index (χ1n) is 8.68. The zero-order valence-electron chi connectivity index (χ0n) is 13.8. The first kappa shape index (κ1) is 15.7. The van der Waals surface area contributed by atoms with Crippen molar-refractivity contribution in [1.82, 2.24) is 15.3 Å². The lowest BCUT2D eigenvalue weighted by Gasteiger charge is -2.35. The molecule has 122 valence electrons. The Bertz CT molecular complexity index is 480. The molecule has 5 nitrogen and oxygen atoms in total. The van der Waals surface area contributed by atoms with E-state index < -0.39 is 0 Å². The average molecular weight is 304 g/mol. The summed E-state index contributed by atoms with van der Waals surface area (Å²) in [5.41, 5.74) is 2.22. The van der Waals surface area contributed by atoms with Crippen LogP contribution < -0.4 is 10.2 Å². The fourth-order valence-corrected chi connectivity index (χ4v) is 3.38. The van der Waals surface area contributed by atoms with Gasteiger partial charge in [-0.25, -0.2) is 9.97 Å². The maximum Gasteiger partial charge on any atom is 0.225 e. The highest BCUT2D eigenvalue weighted by Gasteiger charge is 2.24. The molecule has 0 spiro atoms. The Balaban J connectivity index is 1.53. The second-order valence-corrected chi connectivity index (χ2v) is 6.47. The lowest BCUT2D eigenvalue weighted by Crippen LogP contribution is -2.48. The van der Waals surface area contributed by atoms with Gasteiger partial charge in [0.1, 0.15) is 0 Å². The second-order valence-electron chi connectivity index (χ2n) is 6.47. The number of hydrogen-bond donors (Lipinski definition) is 1. The fourth-order valence-electron chi connectivity index (χ4n) is 3.38. The molecule has 5 heteroatoms. The van der Waals surface area contributed by atoms with Crippen LogP contribution in [-0.4, -0.2) is 48.4 Å². The van der Waals surface area contributed by atoms with Crippen LogP contribution in [0.15, 0.2) is 6.07 Å². The molecule has 3 rings (SSSR count). The molecule has 0 aromatic carbocycles. The van der Waals surface area contributed by atoms with Crippen LogP contribution in [0.2, 0.25) is 0 Å². The van der Waals surface area contributed by atoms with E-state index in [0.717, 1.165) is 62.9 Å². The Hall–Kier alpha value is -1.20. The number of hydrogen-bond acceptors (Lipinski definition) is 5. The number of aryl methyl sites for hydroxylation is 2. The smallest absolute Gasteiger partial charge is 0.225 e. The summed E-state index contributed by atoms with van der Waals surface area (Å²) in [6.07, 6.45) is 5.63. The molecule has 1 aromatic rings. The Morgan fingerprint density at radius 1 is 1.14 bits per heavy atom. The molecule has 1 aromatic heterocycles. The molecule has 2 aliphatic rings. The lowest BCUT2D eigenvalue weighted by atomic mass is 10.0. The number of aromatic nitrogens is 2. The summed E-state index contributed by atoms with van der Waals surface area (Å²) in [5, 5.41) is 3.82. The van der Waals surface area contributed by atoms with Crippen molar-refractivity contribution in [3.05, 3.63) is 17.5 Å². The van der Waals surface area contributed by atoms with Gasteiger partial charge in [0.25, 0.3) is 0 Å². The molecule has 0 radical (unpaired) electrons. The molecule has 0 atom stereocenters. The molecule has 2 fully saturated rings. The molecule has 0 aliphatic carbocycles. The predicted molar refractivity (Wildman–Crippen MR) is 88.4 cm³/mol. The lowest BCUT2D eigenvalue weighted by molar-refractivity contribution is 0.0738. The van der Waals surface area contributed by atoms with Gasteiger partial charge in [-0.3, -0.25) is 0 Å². The highest BCUT2D eigenvalue weighted by Crippen LogP contribution is 2.19. The zero-order chi connectivity index (χ0) is 15.4. The van der Waals surface area contributed by atoms with Crippen molar-refractivity contribution in [2.75, 3.05) is 31.2 Å². The van der Waals surface area contributed by atoms with Gasteiger partial charge in [0.15, 0.2) is 0 Å². The van der Waals surface area contributed by atoms with E-state index in [0.29, 0.717) is 12.1 Å². The van der Waals surface area contributed by atoms with Crippen LogP contribution in [0.1, 0.15) is 44.0 Å². The first-order chi connectivity index (χ1) is 10.7. The van der Waals surface area contributed by atoms with E-state index >= 15 is 0 Å². The number of piperidine rings is 1. The van der Waals surface area contributed by atoms with Gasteiger partial charge < -0.3 is 15.0 Å². The monoisotopic (exact) mass is 304 g/mol. The summed E-state index contributed by atoms with van der Waals surface area (Å²) in [6, 6.07) is 3.37. The fraction of sp³-hybridized carbons (Fsp3) is 0.765. The van der Waals surface area contributed by atoms with Crippen molar-refractivity contribution < 1.29 is 4.74 Å². The molecule has 0 unspecified atom stereocenters. The number of ether oxygens (including phenoxy) is 1. The largest absolute Gasteiger partial charge is 0.381 e. The van der Waals surface area contributed by atoms with Crippen molar-refractivity contribution in [3.8, 4) is 0 Å². The maximum absolute atomic E-state index is 5.43. The molecule has 0 amide bonds. The third-order valence-corrected chi connectivity index (χ3v) is 4.73. The summed E-state index contributed by atoms with van der Waals surface area (Å²) in [7, 11) is 0. The standard InChI is InChI=1S/C17H28N4O/c1-3-14-12-13(2)18-17(20-14)21-8-4-15(5-9-21)19-16-6-10-22-11-7-16/h12,15-16,19H,3-11H2,1-2H3. The van der Waals surface area contributed by atoms with E-state index in [9.17, 15) is 0 Å². The summed E-state index contributed by atoms with van der Waals surface area (Å²) < 4.78 is 5.43. The SMILES string of the molecule is CCc1cc(C)nc(N2CCC(NC3CCOCC3)CC2)n1. The van der Waals surface area contributed by atoms with Gasteiger partial charge in [0.05, 0.1) is 0 Å².